The molecule has 0 N–H and O–H groups in total. The molecule has 0 heterocycles. The van der Waals surface area contributed by atoms with Crippen LogP contribution in [-0.2, 0) is 6.42 Å². The molecule has 1 atom stereocenters. The van der Waals surface area contributed by atoms with E-state index in [2.05, 4.69) is 28.8 Å². The van der Waals surface area contributed by atoms with Gasteiger partial charge >= 0.3 is 0 Å². The Labute approximate surface area is 181 Å². The fourth-order valence-corrected chi connectivity index (χ4v) is 4.21. The summed E-state index contributed by atoms with van der Waals surface area (Å²) in [4.78, 5) is 0. The lowest BCUT2D eigenvalue weighted by Crippen LogP contribution is -2.12. The molecule has 160 valence electrons. The maximum atomic E-state index is 14.3. The molecule has 0 saturated heterocycles. The Morgan fingerprint density at radius 3 is 2.50 bits per heavy atom. The van der Waals surface area contributed by atoms with E-state index in [-0.39, 0.29) is 19.4 Å². The highest BCUT2D eigenvalue weighted by Gasteiger charge is 2.39. The number of hydrogen-bond donors (Lipinski definition) is 0. The number of alkyl halides is 2. The Balaban J connectivity index is 1.82. The summed E-state index contributed by atoms with van der Waals surface area (Å²) in [5.74, 6) is -1.94. The van der Waals surface area contributed by atoms with E-state index >= 15 is 0 Å². The fraction of sp³-hybridized carbons (Fsp3) is 0.385. The lowest BCUT2D eigenvalue weighted by atomic mass is 9.97. The Morgan fingerprint density at radius 2 is 1.83 bits per heavy atom. The molecule has 0 aromatic heterocycles. The first kappa shape index (κ1) is 22.7. The Hall–Kier alpha value is -1.99. The van der Waals surface area contributed by atoms with E-state index in [0.717, 1.165) is 46.2 Å². The molecule has 0 fully saturated rings. The fourth-order valence-electron chi connectivity index (χ4n) is 3.93. The second-order valence-corrected chi connectivity index (χ2v) is 9.20. The van der Waals surface area contributed by atoms with E-state index in [1.54, 1.807) is 0 Å². The van der Waals surface area contributed by atoms with E-state index < -0.39 is 5.92 Å². The van der Waals surface area contributed by atoms with Gasteiger partial charge in [0, 0.05) is 12.8 Å². The summed E-state index contributed by atoms with van der Waals surface area (Å²) >= 11 is 0. The zero-order valence-corrected chi connectivity index (χ0v) is 19.5. The summed E-state index contributed by atoms with van der Waals surface area (Å²) < 4.78 is 34.6. The van der Waals surface area contributed by atoms with Crippen LogP contribution >= 0.6 is 9.24 Å². The molecule has 0 saturated carbocycles. The molecule has 1 aliphatic carbocycles. The van der Waals surface area contributed by atoms with Crippen LogP contribution in [0, 0.1) is 20.8 Å². The summed E-state index contributed by atoms with van der Waals surface area (Å²) in [6, 6.07) is 9.94. The predicted octanol–water partition coefficient (Wildman–Crippen LogP) is 6.88. The molecule has 0 spiro atoms. The van der Waals surface area contributed by atoms with Crippen molar-refractivity contribution in [3.63, 3.8) is 0 Å². The summed E-state index contributed by atoms with van der Waals surface area (Å²) in [6.07, 6.45) is 1.45. The molecular formula is C26H31F2OP. The minimum atomic E-state index is -2.71. The van der Waals surface area contributed by atoms with Crippen molar-refractivity contribution >= 4 is 20.1 Å². The second-order valence-electron chi connectivity index (χ2n) is 8.58. The van der Waals surface area contributed by atoms with Gasteiger partial charge in [0.15, 0.2) is 0 Å². The van der Waals surface area contributed by atoms with Crippen molar-refractivity contribution in [3.05, 3.63) is 75.9 Å². The maximum Gasteiger partial charge on any atom is 0.255 e. The molecule has 0 radical (unpaired) electrons. The monoisotopic (exact) mass is 428 g/mol. The number of aryl methyl sites for hydroxylation is 2. The van der Waals surface area contributed by atoms with Gasteiger partial charge in [0.1, 0.15) is 12.4 Å². The first-order valence-electron chi connectivity index (χ1n) is 10.4. The predicted molar refractivity (Wildman–Crippen MR) is 126 cm³/mol. The van der Waals surface area contributed by atoms with Crippen LogP contribution in [0.5, 0.6) is 5.75 Å². The quantitative estimate of drug-likeness (QED) is 0.345. The van der Waals surface area contributed by atoms with E-state index in [4.69, 9.17) is 4.74 Å². The third kappa shape index (κ3) is 5.19. The van der Waals surface area contributed by atoms with Gasteiger partial charge in [-0.2, -0.15) is 0 Å². The summed E-state index contributed by atoms with van der Waals surface area (Å²) in [5, 5.41) is 1.03. The maximum absolute atomic E-state index is 14.3. The smallest absolute Gasteiger partial charge is 0.255 e. The molecular weight excluding hydrogens is 397 g/mol. The zero-order valence-electron chi connectivity index (χ0n) is 18.4. The van der Waals surface area contributed by atoms with Crippen LogP contribution in [0.25, 0.3) is 5.57 Å². The van der Waals surface area contributed by atoms with Gasteiger partial charge < -0.3 is 4.74 Å². The number of benzene rings is 2. The first-order valence-corrected chi connectivity index (χ1v) is 11.0. The third-order valence-electron chi connectivity index (χ3n) is 6.03. The van der Waals surface area contributed by atoms with Gasteiger partial charge in [-0.15, -0.1) is 15.8 Å². The molecule has 30 heavy (non-hydrogen) atoms. The normalized spacial score (nSPS) is 15.6. The van der Waals surface area contributed by atoms with Gasteiger partial charge in [-0.1, -0.05) is 23.8 Å². The number of halogens is 2. The van der Waals surface area contributed by atoms with E-state index in [1.807, 2.05) is 45.0 Å². The molecule has 0 aliphatic heterocycles. The minimum absolute atomic E-state index is 0.191. The van der Waals surface area contributed by atoms with E-state index in [9.17, 15) is 8.78 Å². The van der Waals surface area contributed by atoms with Crippen LogP contribution in [0.2, 0.25) is 0 Å². The molecule has 1 nitrogen and oxygen atoms in total. The lowest BCUT2D eigenvalue weighted by molar-refractivity contribution is 0.0141. The van der Waals surface area contributed by atoms with Crippen LogP contribution in [0.15, 0.2) is 48.1 Å². The van der Waals surface area contributed by atoms with Gasteiger partial charge in [0.05, 0.1) is 0 Å². The zero-order chi connectivity index (χ0) is 22.1. The highest BCUT2D eigenvalue weighted by atomic mass is 31.0. The summed E-state index contributed by atoms with van der Waals surface area (Å²) in [7, 11) is 2.68. The Bertz CT molecular complexity index is 1000. The van der Waals surface area contributed by atoms with Crippen molar-refractivity contribution in [2.75, 3.05) is 6.61 Å². The molecule has 2 aromatic rings. The van der Waals surface area contributed by atoms with Crippen molar-refractivity contribution in [1.29, 1.82) is 0 Å². The van der Waals surface area contributed by atoms with Gasteiger partial charge in [0.25, 0.3) is 5.92 Å². The van der Waals surface area contributed by atoms with E-state index in [1.165, 1.54) is 16.7 Å². The van der Waals surface area contributed by atoms with Crippen molar-refractivity contribution in [1.82, 2.24) is 0 Å². The average molecular weight is 429 g/mol. The molecule has 1 unspecified atom stereocenters. The second kappa shape index (κ2) is 9.02. The van der Waals surface area contributed by atoms with Gasteiger partial charge in [0.2, 0.25) is 0 Å². The van der Waals surface area contributed by atoms with Gasteiger partial charge in [-0.05, 0) is 96.9 Å². The molecule has 0 amide bonds. The van der Waals surface area contributed by atoms with Gasteiger partial charge in [-0.25, -0.2) is 8.78 Å². The van der Waals surface area contributed by atoms with Crippen LogP contribution in [0.3, 0.4) is 0 Å². The molecule has 3 rings (SSSR count). The largest absolute Gasteiger partial charge is 0.489 e. The van der Waals surface area contributed by atoms with Crippen molar-refractivity contribution < 1.29 is 13.5 Å². The number of allylic oxidation sites excluding steroid dienone is 2. The lowest BCUT2D eigenvalue weighted by Gasteiger charge is -2.16. The highest BCUT2D eigenvalue weighted by molar-refractivity contribution is 7.27. The van der Waals surface area contributed by atoms with Crippen molar-refractivity contribution in [2.24, 2.45) is 0 Å². The minimum Gasteiger partial charge on any atom is -0.489 e. The summed E-state index contributed by atoms with van der Waals surface area (Å²) in [6.45, 7) is 12.3. The summed E-state index contributed by atoms with van der Waals surface area (Å²) in [5.41, 5.74) is 8.12. The SMILES string of the molecule is C=C(C)CCc1ccc(OCC2=C(c3ccc(C)c(P)c3)CC(F)(F)C2)c(C)c1C. The first-order chi connectivity index (χ1) is 14.1. The van der Waals surface area contributed by atoms with Gasteiger partial charge in [-0.3, -0.25) is 0 Å². The Kier molecular flexibility index (Phi) is 6.82. The number of rotatable bonds is 7. The molecule has 2 aromatic carbocycles. The number of ether oxygens (including phenoxy) is 1. The third-order valence-corrected chi connectivity index (χ3v) is 6.66. The molecule has 1 aliphatic rings. The van der Waals surface area contributed by atoms with Crippen molar-refractivity contribution in [3.8, 4) is 5.75 Å². The molecule has 0 bridgehead atoms. The standard InChI is InChI=1S/C26H31F2OP/c1-16(2)6-8-20-10-11-24(19(5)18(20)4)29-15-22-13-26(27,28)14-23(22)21-9-7-17(3)25(30)12-21/h7,9-12H,1,6,8,13-15,30H2,2-5H3. The highest BCUT2D eigenvalue weighted by Crippen LogP contribution is 2.44. The van der Waals surface area contributed by atoms with Crippen LogP contribution in [0.1, 0.15) is 54.0 Å². The van der Waals surface area contributed by atoms with Crippen LogP contribution in [-0.4, -0.2) is 12.5 Å². The van der Waals surface area contributed by atoms with Crippen molar-refractivity contribution in [2.45, 2.75) is 59.3 Å². The average Bonchev–Trinajstić information content (AvgIpc) is 2.99. The molecule has 4 heteroatoms. The topological polar surface area (TPSA) is 9.23 Å². The number of hydrogen-bond acceptors (Lipinski definition) is 1. The van der Waals surface area contributed by atoms with E-state index in [0.29, 0.717) is 5.57 Å². The van der Waals surface area contributed by atoms with Crippen LogP contribution in [0.4, 0.5) is 8.78 Å². The van der Waals surface area contributed by atoms with Crippen LogP contribution < -0.4 is 10.0 Å². The Morgan fingerprint density at radius 1 is 1.10 bits per heavy atom.